The van der Waals surface area contributed by atoms with Crippen molar-refractivity contribution in [1.29, 1.82) is 0 Å². The molecule has 0 amide bonds. The number of halogens is 1. The average Bonchev–Trinajstić information content (AvgIpc) is 2.08. The van der Waals surface area contributed by atoms with E-state index in [9.17, 15) is 0 Å². The summed E-state index contributed by atoms with van der Waals surface area (Å²) in [6.45, 7) is 1.50. The second-order valence-corrected chi connectivity index (χ2v) is 3.66. The molecule has 0 radical (unpaired) electrons. The smallest absolute Gasteiger partial charge is 0.233 e. The number of aromatic nitrogens is 2. The SMILES string of the molecule is CN(C)CCOc1ccc(Br)nn1. The highest BCUT2D eigenvalue weighted by atomic mass is 79.9. The molecule has 0 saturated carbocycles. The molecule has 72 valence electrons. The predicted octanol–water partition coefficient (Wildman–Crippen LogP) is 1.18. The number of ether oxygens (including phenoxy) is 1. The fourth-order valence-electron chi connectivity index (χ4n) is 0.714. The minimum absolute atomic E-state index is 0.560. The van der Waals surface area contributed by atoms with E-state index in [1.165, 1.54) is 0 Å². The minimum Gasteiger partial charge on any atom is -0.475 e. The van der Waals surface area contributed by atoms with Crippen LogP contribution in [0.2, 0.25) is 0 Å². The van der Waals surface area contributed by atoms with Crippen LogP contribution in [0.3, 0.4) is 0 Å². The highest BCUT2D eigenvalue weighted by Gasteiger charge is 1.96. The van der Waals surface area contributed by atoms with Crippen LogP contribution in [0.15, 0.2) is 16.7 Å². The number of rotatable bonds is 4. The predicted molar refractivity (Wildman–Crippen MR) is 53.8 cm³/mol. The molecule has 0 aliphatic heterocycles. The summed E-state index contributed by atoms with van der Waals surface area (Å²) in [5.41, 5.74) is 0. The molecule has 4 nitrogen and oxygen atoms in total. The van der Waals surface area contributed by atoms with Crippen molar-refractivity contribution in [2.75, 3.05) is 27.2 Å². The van der Waals surface area contributed by atoms with Gasteiger partial charge in [0.05, 0.1) is 0 Å². The maximum absolute atomic E-state index is 5.34. The lowest BCUT2D eigenvalue weighted by molar-refractivity contribution is 0.251. The van der Waals surface area contributed by atoms with E-state index in [0.717, 1.165) is 6.54 Å². The molecule has 13 heavy (non-hydrogen) atoms. The zero-order chi connectivity index (χ0) is 9.68. The van der Waals surface area contributed by atoms with Gasteiger partial charge in [-0.2, -0.15) is 0 Å². The van der Waals surface area contributed by atoms with Crippen LogP contribution in [0.25, 0.3) is 0 Å². The molecule has 0 fully saturated rings. The summed E-state index contributed by atoms with van der Waals surface area (Å²) in [5.74, 6) is 0.560. The Kier molecular flexibility index (Phi) is 4.11. The third-order valence-corrected chi connectivity index (χ3v) is 1.82. The van der Waals surface area contributed by atoms with E-state index < -0.39 is 0 Å². The summed E-state index contributed by atoms with van der Waals surface area (Å²) in [6.07, 6.45) is 0. The summed E-state index contributed by atoms with van der Waals surface area (Å²) < 4.78 is 6.05. The van der Waals surface area contributed by atoms with Crippen molar-refractivity contribution in [3.05, 3.63) is 16.7 Å². The normalized spacial score (nSPS) is 10.5. The summed E-state index contributed by atoms with van der Waals surface area (Å²) >= 11 is 3.20. The Balaban J connectivity index is 2.33. The molecule has 0 unspecified atom stereocenters. The maximum atomic E-state index is 5.34. The fourth-order valence-corrected chi connectivity index (χ4v) is 0.925. The van der Waals surface area contributed by atoms with E-state index in [1.54, 1.807) is 12.1 Å². The van der Waals surface area contributed by atoms with E-state index in [2.05, 4.69) is 26.1 Å². The van der Waals surface area contributed by atoms with Gasteiger partial charge in [0, 0.05) is 12.6 Å². The van der Waals surface area contributed by atoms with E-state index in [0.29, 0.717) is 17.1 Å². The van der Waals surface area contributed by atoms with Gasteiger partial charge < -0.3 is 9.64 Å². The van der Waals surface area contributed by atoms with Crippen molar-refractivity contribution in [1.82, 2.24) is 15.1 Å². The molecule has 0 aromatic carbocycles. The molecule has 1 aromatic rings. The molecular weight excluding hydrogens is 234 g/mol. The molecule has 0 atom stereocenters. The van der Waals surface area contributed by atoms with Crippen LogP contribution >= 0.6 is 15.9 Å². The van der Waals surface area contributed by atoms with Crippen molar-refractivity contribution >= 4 is 15.9 Å². The molecule has 0 saturated heterocycles. The first-order chi connectivity index (χ1) is 6.18. The highest BCUT2D eigenvalue weighted by Crippen LogP contribution is 2.08. The zero-order valence-electron chi connectivity index (χ0n) is 7.70. The van der Waals surface area contributed by atoms with Gasteiger partial charge in [0.15, 0.2) is 0 Å². The monoisotopic (exact) mass is 245 g/mol. The first kappa shape index (κ1) is 10.4. The number of hydrogen-bond donors (Lipinski definition) is 0. The number of hydrogen-bond acceptors (Lipinski definition) is 4. The summed E-state index contributed by atoms with van der Waals surface area (Å²) in [7, 11) is 3.99. The number of likely N-dealkylation sites (N-methyl/N-ethyl adjacent to an activating group) is 1. The fraction of sp³-hybridized carbons (Fsp3) is 0.500. The summed E-state index contributed by atoms with van der Waals surface area (Å²) in [6, 6.07) is 3.59. The molecular formula is C8H12BrN3O. The molecule has 5 heteroatoms. The quantitative estimate of drug-likeness (QED) is 0.799. The van der Waals surface area contributed by atoms with Gasteiger partial charge in [0.25, 0.3) is 0 Å². The van der Waals surface area contributed by atoms with E-state index in [4.69, 9.17) is 4.74 Å². The second-order valence-electron chi connectivity index (χ2n) is 2.85. The Morgan fingerprint density at radius 2 is 2.15 bits per heavy atom. The Morgan fingerprint density at radius 1 is 1.38 bits per heavy atom. The van der Waals surface area contributed by atoms with Crippen LogP contribution in [0, 0.1) is 0 Å². The average molecular weight is 246 g/mol. The molecule has 1 heterocycles. The molecule has 0 aliphatic carbocycles. The van der Waals surface area contributed by atoms with Gasteiger partial charge in [-0.05, 0) is 36.1 Å². The van der Waals surface area contributed by atoms with Crippen LogP contribution in [-0.2, 0) is 0 Å². The topological polar surface area (TPSA) is 38.2 Å². The van der Waals surface area contributed by atoms with Gasteiger partial charge in [0.2, 0.25) is 5.88 Å². The molecule has 0 N–H and O–H groups in total. The van der Waals surface area contributed by atoms with Gasteiger partial charge >= 0.3 is 0 Å². The van der Waals surface area contributed by atoms with Crippen molar-refractivity contribution in [2.24, 2.45) is 0 Å². The van der Waals surface area contributed by atoms with E-state index >= 15 is 0 Å². The molecule has 0 aliphatic rings. The summed E-state index contributed by atoms with van der Waals surface area (Å²) in [4.78, 5) is 2.05. The van der Waals surface area contributed by atoms with Gasteiger partial charge in [-0.3, -0.25) is 0 Å². The largest absolute Gasteiger partial charge is 0.475 e. The van der Waals surface area contributed by atoms with Crippen molar-refractivity contribution in [2.45, 2.75) is 0 Å². The van der Waals surface area contributed by atoms with Crippen molar-refractivity contribution in [3.63, 3.8) is 0 Å². The minimum atomic E-state index is 0.560. The third kappa shape index (κ3) is 4.19. The zero-order valence-corrected chi connectivity index (χ0v) is 9.28. The standard InChI is InChI=1S/C8H12BrN3O/c1-12(2)5-6-13-8-4-3-7(9)10-11-8/h3-4H,5-6H2,1-2H3. The van der Waals surface area contributed by atoms with Gasteiger partial charge in [-0.25, -0.2) is 0 Å². The van der Waals surface area contributed by atoms with Crippen LogP contribution in [0.4, 0.5) is 0 Å². The molecule has 0 spiro atoms. The number of nitrogens with zero attached hydrogens (tertiary/aromatic N) is 3. The van der Waals surface area contributed by atoms with Gasteiger partial charge in [-0.1, -0.05) is 0 Å². The maximum Gasteiger partial charge on any atom is 0.233 e. The van der Waals surface area contributed by atoms with Crippen LogP contribution in [0.5, 0.6) is 5.88 Å². The molecule has 1 aromatic heterocycles. The molecule has 0 bridgehead atoms. The lowest BCUT2D eigenvalue weighted by Crippen LogP contribution is -2.19. The highest BCUT2D eigenvalue weighted by molar-refractivity contribution is 9.10. The Hall–Kier alpha value is -0.680. The van der Waals surface area contributed by atoms with Crippen LogP contribution in [-0.4, -0.2) is 42.3 Å². The lowest BCUT2D eigenvalue weighted by atomic mass is 10.5. The van der Waals surface area contributed by atoms with E-state index in [-0.39, 0.29) is 0 Å². The summed E-state index contributed by atoms with van der Waals surface area (Å²) in [5, 5.41) is 7.64. The Morgan fingerprint density at radius 3 is 2.69 bits per heavy atom. The van der Waals surface area contributed by atoms with Gasteiger partial charge in [-0.15, -0.1) is 10.2 Å². The van der Waals surface area contributed by atoms with Crippen LogP contribution < -0.4 is 4.74 Å². The first-order valence-corrected chi connectivity index (χ1v) is 4.74. The lowest BCUT2D eigenvalue weighted by Gasteiger charge is -2.09. The first-order valence-electron chi connectivity index (χ1n) is 3.95. The second kappa shape index (κ2) is 5.14. The third-order valence-electron chi connectivity index (χ3n) is 1.40. The molecule has 1 rings (SSSR count). The van der Waals surface area contributed by atoms with Crippen LogP contribution in [0.1, 0.15) is 0 Å². The van der Waals surface area contributed by atoms with Crippen molar-refractivity contribution in [3.8, 4) is 5.88 Å². The Bertz CT molecular complexity index is 250. The van der Waals surface area contributed by atoms with Crippen molar-refractivity contribution < 1.29 is 4.74 Å². The van der Waals surface area contributed by atoms with E-state index in [1.807, 2.05) is 19.0 Å². The van der Waals surface area contributed by atoms with Gasteiger partial charge in [0.1, 0.15) is 11.2 Å². The Labute approximate surface area is 86.0 Å².